The van der Waals surface area contributed by atoms with E-state index in [1.54, 1.807) is 0 Å². The van der Waals surface area contributed by atoms with E-state index in [9.17, 15) is 0 Å². The Kier molecular flexibility index (Phi) is 9.73. The minimum atomic E-state index is 0. The van der Waals surface area contributed by atoms with Crippen LogP contribution in [-0.2, 0) is 6.54 Å². The first-order chi connectivity index (χ1) is 5.86. The van der Waals surface area contributed by atoms with Crippen LogP contribution in [0.2, 0.25) is 0 Å². The standard InChI is InChI=1S/C11H16N.ClH.H2O/c1-3-5-8-12-9-6-7-11(4-2)10-12;;/h4,6-7,9-10H,2-3,5,8H2,1H3;1H;1H2/q+1;;/p-1. The highest BCUT2D eigenvalue weighted by molar-refractivity contribution is 5.43. The molecule has 1 aromatic rings. The van der Waals surface area contributed by atoms with Crippen molar-refractivity contribution in [2.75, 3.05) is 0 Å². The van der Waals surface area contributed by atoms with E-state index in [1.807, 2.05) is 6.08 Å². The largest absolute Gasteiger partial charge is 1.00 e. The fourth-order valence-electron chi connectivity index (χ4n) is 1.14. The van der Waals surface area contributed by atoms with Crippen LogP contribution in [0.1, 0.15) is 25.3 Å². The number of halogens is 1. The van der Waals surface area contributed by atoms with Crippen LogP contribution in [0.25, 0.3) is 6.08 Å². The average Bonchev–Trinajstić information content (AvgIpc) is 2.15. The van der Waals surface area contributed by atoms with Gasteiger partial charge in [-0.15, -0.1) is 0 Å². The van der Waals surface area contributed by atoms with Gasteiger partial charge in [0.05, 0.1) is 0 Å². The molecule has 0 bridgehead atoms. The molecule has 1 rings (SSSR count). The molecule has 0 aliphatic heterocycles. The van der Waals surface area contributed by atoms with E-state index >= 15 is 0 Å². The second kappa shape index (κ2) is 8.73. The van der Waals surface area contributed by atoms with Crippen molar-refractivity contribution in [1.29, 1.82) is 0 Å². The summed E-state index contributed by atoms with van der Waals surface area (Å²) in [6.07, 6.45) is 8.59. The van der Waals surface area contributed by atoms with Crippen molar-refractivity contribution in [3.63, 3.8) is 0 Å². The lowest BCUT2D eigenvalue weighted by atomic mass is 10.2. The number of hydrogen-bond donors (Lipinski definition) is 0. The third-order valence-corrected chi connectivity index (χ3v) is 1.89. The Labute approximate surface area is 92.0 Å². The van der Waals surface area contributed by atoms with Crippen molar-refractivity contribution in [2.24, 2.45) is 0 Å². The maximum Gasteiger partial charge on any atom is 0.176 e. The fraction of sp³-hybridized carbons (Fsp3) is 0.364. The van der Waals surface area contributed by atoms with Crippen molar-refractivity contribution in [1.82, 2.24) is 0 Å². The molecule has 0 unspecified atom stereocenters. The number of nitrogens with zero attached hydrogens (tertiary/aromatic N) is 1. The summed E-state index contributed by atoms with van der Waals surface area (Å²) in [5, 5.41) is 0. The van der Waals surface area contributed by atoms with Crippen molar-refractivity contribution < 1.29 is 22.5 Å². The van der Waals surface area contributed by atoms with Crippen LogP contribution in [0.5, 0.6) is 0 Å². The Hall–Kier alpha value is -0.860. The SMILES string of the molecule is C=Cc1ccc[n+](CCCC)c1.O.[Cl-]. The Bertz CT molecular complexity index is 263. The smallest absolute Gasteiger partial charge is 0.176 e. The normalized spacial score (nSPS) is 8.36. The Morgan fingerprint density at radius 1 is 1.50 bits per heavy atom. The topological polar surface area (TPSA) is 35.4 Å². The van der Waals surface area contributed by atoms with E-state index in [2.05, 4.69) is 42.6 Å². The van der Waals surface area contributed by atoms with Gasteiger partial charge in [0.2, 0.25) is 0 Å². The van der Waals surface area contributed by atoms with Gasteiger partial charge in [0.15, 0.2) is 12.4 Å². The molecule has 0 amide bonds. The molecule has 0 saturated heterocycles. The molecule has 0 fully saturated rings. The van der Waals surface area contributed by atoms with Gasteiger partial charge in [-0.1, -0.05) is 26.0 Å². The van der Waals surface area contributed by atoms with Gasteiger partial charge in [-0.25, -0.2) is 4.57 Å². The Balaban J connectivity index is 0. The second-order valence-electron chi connectivity index (χ2n) is 2.93. The van der Waals surface area contributed by atoms with Gasteiger partial charge in [-0.2, -0.15) is 0 Å². The molecular formula is C11H18ClNO. The lowest BCUT2D eigenvalue weighted by Gasteiger charge is -1.95. The molecule has 2 N–H and O–H groups in total. The van der Waals surface area contributed by atoms with Gasteiger partial charge in [-0.3, -0.25) is 0 Å². The molecule has 0 atom stereocenters. The van der Waals surface area contributed by atoms with E-state index in [0.29, 0.717) is 0 Å². The van der Waals surface area contributed by atoms with E-state index in [0.717, 1.165) is 6.54 Å². The van der Waals surface area contributed by atoms with E-state index in [1.165, 1.54) is 18.4 Å². The summed E-state index contributed by atoms with van der Waals surface area (Å²) in [6, 6.07) is 4.13. The molecule has 1 aromatic heterocycles. The molecule has 80 valence electrons. The Morgan fingerprint density at radius 3 is 2.79 bits per heavy atom. The lowest BCUT2D eigenvalue weighted by molar-refractivity contribution is -0.697. The molecule has 0 aliphatic carbocycles. The highest BCUT2D eigenvalue weighted by Gasteiger charge is 1.98. The van der Waals surface area contributed by atoms with Gasteiger partial charge < -0.3 is 17.9 Å². The molecular weight excluding hydrogens is 198 g/mol. The summed E-state index contributed by atoms with van der Waals surface area (Å²) in [7, 11) is 0. The quantitative estimate of drug-likeness (QED) is 0.554. The zero-order valence-corrected chi connectivity index (χ0v) is 9.30. The number of pyridine rings is 1. The molecule has 14 heavy (non-hydrogen) atoms. The van der Waals surface area contributed by atoms with Crippen molar-refractivity contribution >= 4 is 6.08 Å². The average molecular weight is 216 g/mol. The molecule has 3 heteroatoms. The second-order valence-corrected chi connectivity index (χ2v) is 2.93. The predicted molar refractivity (Wildman–Crippen MR) is 55.2 cm³/mol. The highest BCUT2D eigenvalue weighted by atomic mass is 35.5. The van der Waals surface area contributed by atoms with E-state index in [4.69, 9.17) is 0 Å². The molecule has 0 radical (unpaired) electrons. The van der Waals surface area contributed by atoms with Crippen molar-refractivity contribution in [3.8, 4) is 0 Å². The van der Waals surface area contributed by atoms with Gasteiger partial charge in [0.25, 0.3) is 0 Å². The minimum absolute atomic E-state index is 0. The molecule has 0 saturated carbocycles. The third-order valence-electron chi connectivity index (χ3n) is 1.89. The van der Waals surface area contributed by atoms with Crippen LogP contribution < -0.4 is 17.0 Å². The van der Waals surface area contributed by atoms with Gasteiger partial charge in [0, 0.05) is 18.1 Å². The molecule has 0 aromatic carbocycles. The first kappa shape index (κ1) is 15.6. The van der Waals surface area contributed by atoms with Crippen LogP contribution in [0.3, 0.4) is 0 Å². The van der Waals surface area contributed by atoms with Gasteiger partial charge >= 0.3 is 0 Å². The maximum atomic E-state index is 3.74. The Morgan fingerprint density at radius 2 is 2.21 bits per heavy atom. The van der Waals surface area contributed by atoms with Crippen LogP contribution >= 0.6 is 0 Å². The van der Waals surface area contributed by atoms with Crippen molar-refractivity contribution in [3.05, 3.63) is 36.7 Å². The molecule has 2 nitrogen and oxygen atoms in total. The van der Waals surface area contributed by atoms with Gasteiger partial charge in [-0.05, 0) is 6.07 Å². The zero-order chi connectivity index (χ0) is 8.81. The number of aromatic nitrogens is 1. The fourth-order valence-corrected chi connectivity index (χ4v) is 1.14. The van der Waals surface area contributed by atoms with Crippen LogP contribution in [0.15, 0.2) is 31.1 Å². The summed E-state index contributed by atoms with van der Waals surface area (Å²) in [5.74, 6) is 0. The van der Waals surface area contributed by atoms with Crippen LogP contribution in [0, 0.1) is 0 Å². The first-order valence-corrected chi connectivity index (χ1v) is 4.48. The number of hydrogen-bond acceptors (Lipinski definition) is 0. The summed E-state index contributed by atoms with van der Waals surface area (Å²) >= 11 is 0. The highest BCUT2D eigenvalue weighted by Crippen LogP contribution is 1.95. The molecule has 0 aliphatic rings. The maximum absolute atomic E-state index is 3.74. The van der Waals surface area contributed by atoms with E-state index in [-0.39, 0.29) is 17.9 Å². The van der Waals surface area contributed by atoms with Gasteiger partial charge in [0.1, 0.15) is 6.54 Å². The lowest BCUT2D eigenvalue weighted by Crippen LogP contribution is -3.00. The monoisotopic (exact) mass is 215 g/mol. The summed E-state index contributed by atoms with van der Waals surface area (Å²) in [6.45, 7) is 7.05. The molecule has 1 heterocycles. The minimum Gasteiger partial charge on any atom is -1.00 e. The summed E-state index contributed by atoms with van der Waals surface area (Å²) in [5.41, 5.74) is 1.19. The number of unbranched alkanes of at least 4 members (excludes halogenated alkanes) is 1. The predicted octanol–water partition coefficient (Wildman–Crippen LogP) is -1.40. The molecule has 0 spiro atoms. The summed E-state index contributed by atoms with van der Waals surface area (Å²) < 4.78 is 2.21. The first-order valence-electron chi connectivity index (χ1n) is 4.48. The van der Waals surface area contributed by atoms with E-state index < -0.39 is 0 Å². The zero-order valence-electron chi connectivity index (χ0n) is 8.54. The van der Waals surface area contributed by atoms with Crippen LogP contribution in [0.4, 0.5) is 0 Å². The van der Waals surface area contributed by atoms with Crippen molar-refractivity contribution in [2.45, 2.75) is 26.3 Å². The summed E-state index contributed by atoms with van der Waals surface area (Å²) in [4.78, 5) is 0. The number of rotatable bonds is 4. The number of aryl methyl sites for hydroxylation is 1. The third kappa shape index (κ3) is 5.00. The van der Waals surface area contributed by atoms with Crippen LogP contribution in [-0.4, -0.2) is 5.48 Å².